The smallest absolute Gasteiger partial charge is 0.257 e. The predicted octanol–water partition coefficient (Wildman–Crippen LogP) is 4.94. The molecule has 2 N–H and O–H groups in total. The number of carbonyl (C=O) groups is 2. The topological polar surface area (TPSA) is 80.3 Å². The summed E-state index contributed by atoms with van der Waals surface area (Å²) in [6.07, 6.45) is 0.735. The Morgan fingerprint density at radius 1 is 1.14 bits per heavy atom. The van der Waals surface area contributed by atoms with Crippen LogP contribution >= 0.6 is 22.9 Å². The maximum Gasteiger partial charge on any atom is 0.257 e. The lowest BCUT2D eigenvalue weighted by Crippen LogP contribution is -2.13. The molecule has 0 bridgehead atoms. The van der Waals surface area contributed by atoms with Crippen LogP contribution in [0.4, 0.5) is 10.8 Å². The molecule has 3 aromatic rings. The van der Waals surface area contributed by atoms with Gasteiger partial charge in [-0.15, -0.1) is 11.3 Å². The van der Waals surface area contributed by atoms with Crippen LogP contribution in [0.25, 0.3) is 0 Å². The van der Waals surface area contributed by atoms with E-state index in [2.05, 4.69) is 15.6 Å². The number of halogens is 1. The van der Waals surface area contributed by atoms with Gasteiger partial charge < -0.3 is 10.1 Å². The van der Waals surface area contributed by atoms with Gasteiger partial charge in [-0.25, -0.2) is 4.98 Å². The lowest BCUT2D eigenvalue weighted by molar-refractivity contribution is -0.116. The van der Waals surface area contributed by atoms with E-state index < -0.39 is 0 Å². The molecular formula is C21H20ClN3O3S. The fraction of sp³-hybridized carbons (Fsp3) is 0.190. The number of amides is 2. The summed E-state index contributed by atoms with van der Waals surface area (Å²) < 4.78 is 5.27. The highest BCUT2D eigenvalue weighted by atomic mass is 35.5. The summed E-state index contributed by atoms with van der Waals surface area (Å²) in [6, 6.07) is 12.2. The van der Waals surface area contributed by atoms with Gasteiger partial charge in [-0.2, -0.15) is 0 Å². The number of rotatable bonds is 7. The van der Waals surface area contributed by atoms with Crippen molar-refractivity contribution < 1.29 is 14.3 Å². The van der Waals surface area contributed by atoms with Crippen molar-refractivity contribution in [1.82, 2.24) is 4.98 Å². The molecule has 0 spiro atoms. The van der Waals surface area contributed by atoms with E-state index in [-0.39, 0.29) is 18.2 Å². The van der Waals surface area contributed by atoms with Crippen molar-refractivity contribution in [2.24, 2.45) is 0 Å². The van der Waals surface area contributed by atoms with Gasteiger partial charge in [0.1, 0.15) is 5.75 Å². The fourth-order valence-corrected chi connectivity index (χ4v) is 3.49. The van der Waals surface area contributed by atoms with Crippen LogP contribution in [0.1, 0.15) is 28.0 Å². The Morgan fingerprint density at radius 2 is 1.90 bits per heavy atom. The van der Waals surface area contributed by atoms with Crippen molar-refractivity contribution in [3.05, 3.63) is 69.7 Å². The number of aromatic nitrogens is 1. The molecule has 0 saturated heterocycles. The molecule has 29 heavy (non-hydrogen) atoms. The molecule has 0 aliphatic rings. The quantitative estimate of drug-likeness (QED) is 0.557. The van der Waals surface area contributed by atoms with Gasteiger partial charge in [0.25, 0.3) is 5.91 Å². The molecule has 6 nitrogen and oxygen atoms in total. The van der Waals surface area contributed by atoms with Crippen LogP contribution in [0.3, 0.4) is 0 Å². The van der Waals surface area contributed by atoms with Crippen LogP contribution in [-0.4, -0.2) is 23.9 Å². The minimum Gasteiger partial charge on any atom is -0.495 e. The maximum atomic E-state index is 12.3. The van der Waals surface area contributed by atoms with Gasteiger partial charge >= 0.3 is 0 Å². The Kier molecular flexibility index (Phi) is 6.85. The molecule has 2 aromatic carbocycles. The molecule has 8 heteroatoms. The van der Waals surface area contributed by atoms with Gasteiger partial charge in [0.05, 0.1) is 18.5 Å². The van der Waals surface area contributed by atoms with E-state index in [0.717, 1.165) is 11.3 Å². The molecule has 0 fully saturated rings. The van der Waals surface area contributed by atoms with Crippen molar-refractivity contribution in [1.29, 1.82) is 0 Å². The Morgan fingerprint density at radius 3 is 2.62 bits per heavy atom. The number of anilines is 2. The molecule has 0 aliphatic heterocycles. The van der Waals surface area contributed by atoms with Gasteiger partial charge in [-0.3, -0.25) is 14.9 Å². The third kappa shape index (κ3) is 5.79. The number of methoxy groups -OCH3 is 1. The molecular weight excluding hydrogens is 410 g/mol. The van der Waals surface area contributed by atoms with E-state index in [4.69, 9.17) is 16.3 Å². The number of nitrogens with one attached hydrogen (secondary N) is 2. The number of carbonyl (C=O) groups excluding carboxylic acids is 2. The average molecular weight is 430 g/mol. The van der Waals surface area contributed by atoms with Crippen LogP contribution in [-0.2, 0) is 11.2 Å². The van der Waals surface area contributed by atoms with E-state index in [9.17, 15) is 9.59 Å². The zero-order valence-electron chi connectivity index (χ0n) is 16.0. The van der Waals surface area contributed by atoms with Crippen molar-refractivity contribution in [3.63, 3.8) is 0 Å². The number of hydrogen-bond donors (Lipinski definition) is 2. The average Bonchev–Trinajstić information content (AvgIpc) is 3.14. The minimum atomic E-state index is -0.258. The first-order valence-corrected chi connectivity index (χ1v) is 10.2. The second kappa shape index (κ2) is 9.54. The fourth-order valence-electron chi connectivity index (χ4n) is 2.62. The van der Waals surface area contributed by atoms with Crippen molar-refractivity contribution in [2.75, 3.05) is 17.7 Å². The molecule has 0 saturated carbocycles. The maximum absolute atomic E-state index is 12.3. The summed E-state index contributed by atoms with van der Waals surface area (Å²) in [5.41, 5.74) is 2.92. The third-order valence-corrected chi connectivity index (χ3v) is 5.17. The minimum absolute atomic E-state index is 0.131. The monoisotopic (exact) mass is 429 g/mol. The molecule has 0 aliphatic carbocycles. The van der Waals surface area contributed by atoms with Crippen LogP contribution in [0.15, 0.2) is 47.8 Å². The number of nitrogens with zero attached hydrogens (tertiary/aromatic N) is 1. The summed E-state index contributed by atoms with van der Waals surface area (Å²) in [5, 5.41) is 8.51. The Bertz CT molecular complexity index is 1020. The SMILES string of the molecule is COc1ccc(C)cc1NC(=O)CCc1csc(NC(=O)c2ccc(Cl)cc2)n1. The first-order valence-electron chi connectivity index (χ1n) is 8.90. The Labute approximate surface area is 177 Å². The van der Waals surface area contributed by atoms with Crippen molar-refractivity contribution in [2.45, 2.75) is 19.8 Å². The summed E-state index contributed by atoms with van der Waals surface area (Å²) in [5.74, 6) is 0.227. The number of hydrogen-bond acceptors (Lipinski definition) is 5. The standard InChI is InChI=1S/C21H20ClN3O3S/c1-13-3-9-18(28-2)17(11-13)24-19(26)10-8-16-12-29-21(23-16)25-20(27)14-4-6-15(22)7-5-14/h3-7,9,11-12H,8,10H2,1-2H3,(H,24,26)(H,23,25,27). The molecule has 150 valence electrons. The molecule has 2 amide bonds. The molecule has 0 radical (unpaired) electrons. The molecule has 1 heterocycles. The lowest BCUT2D eigenvalue weighted by atomic mass is 10.2. The lowest BCUT2D eigenvalue weighted by Gasteiger charge is -2.10. The highest BCUT2D eigenvalue weighted by molar-refractivity contribution is 7.14. The van der Waals surface area contributed by atoms with Gasteiger partial charge in [0.2, 0.25) is 5.91 Å². The second-order valence-electron chi connectivity index (χ2n) is 6.36. The normalized spacial score (nSPS) is 10.4. The zero-order chi connectivity index (χ0) is 20.8. The number of thiazole rings is 1. The second-order valence-corrected chi connectivity index (χ2v) is 7.65. The van der Waals surface area contributed by atoms with Gasteiger partial charge in [0, 0.05) is 22.4 Å². The number of benzene rings is 2. The third-order valence-electron chi connectivity index (χ3n) is 4.12. The zero-order valence-corrected chi connectivity index (χ0v) is 17.6. The summed E-state index contributed by atoms with van der Waals surface area (Å²) in [6.45, 7) is 1.95. The van der Waals surface area contributed by atoms with E-state index >= 15 is 0 Å². The Balaban J connectivity index is 1.54. The number of aryl methyl sites for hydroxylation is 2. The van der Waals surface area contributed by atoms with Crippen LogP contribution in [0, 0.1) is 6.92 Å². The van der Waals surface area contributed by atoms with E-state index in [0.29, 0.717) is 33.6 Å². The largest absolute Gasteiger partial charge is 0.495 e. The number of ether oxygens (including phenoxy) is 1. The van der Waals surface area contributed by atoms with Crippen molar-refractivity contribution >= 4 is 45.6 Å². The first kappa shape index (κ1) is 20.8. The van der Waals surface area contributed by atoms with Crippen molar-refractivity contribution in [3.8, 4) is 5.75 Å². The van der Waals surface area contributed by atoms with Gasteiger partial charge in [-0.05, 0) is 55.3 Å². The highest BCUT2D eigenvalue weighted by Gasteiger charge is 2.12. The summed E-state index contributed by atoms with van der Waals surface area (Å²) >= 11 is 7.15. The molecule has 1 aromatic heterocycles. The Hall–Kier alpha value is -2.90. The molecule has 3 rings (SSSR count). The molecule has 0 unspecified atom stereocenters. The van der Waals surface area contributed by atoms with E-state index in [1.165, 1.54) is 11.3 Å². The van der Waals surface area contributed by atoms with Crippen LogP contribution < -0.4 is 15.4 Å². The summed E-state index contributed by atoms with van der Waals surface area (Å²) in [7, 11) is 1.56. The van der Waals surface area contributed by atoms with Crippen LogP contribution in [0.5, 0.6) is 5.75 Å². The van der Waals surface area contributed by atoms with Gasteiger partial charge in [0.15, 0.2) is 5.13 Å². The first-order chi connectivity index (χ1) is 13.9. The van der Waals surface area contributed by atoms with Gasteiger partial charge in [-0.1, -0.05) is 17.7 Å². The summed E-state index contributed by atoms with van der Waals surface area (Å²) in [4.78, 5) is 28.9. The van der Waals surface area contributed by atoms with Crippen LogP contribution in [0.2, 0.25) is 5.02 Å². The van der Waals surface area contributed by atoms with E-state index in [1.54, 1.807) is 31.4 Å². The molecule has 0 atom stereocenters. The van der Waals surface area contributed by atoms with E-state index in [1.807, 2.05) is 30.5 Å². The highest BCUT2D eigenvalue weighted by Crippen LogP contribution is 2.25. The predicted molar refractivity (Wildman–Crippen MR) is 116 cm³/mol.